The molecular weight excluding hydrogens is 210 g/mol. The Bertz CT molecular complexity index is 191. The predicted molar refractivity (Wildman–Crippen MR) is 75.0 cm³/mol. The summed E-state index contributed by atoms with van der Waals surface area (Å²) in [6.45, 7) is 9.41. The maximum absolute atomic E-state index is 11.6. The topological polar surface area (TPSA) is 29.1 Å². The Hall–Kier alpha value is -0.530. The number of amides is 1. The summed E-state index contributed by atoms with van der Waals surface area (Å²) in [4.78, 5) is 11.6. The van der Waals surface area contributed by atoms with E-state index in [0.29, 0.717) is 0 Å². The molecule has 0 saturated carbocycles. The summed E-state index contributed by atoms with van der Waals surface area (Å²) in [7, 11) is 0. The molecule has 0 radical (unpaired) electrons. The fourth-order valence-electron chi connectivity index (χ4n) is 2.09. The second kappa shape index (κ2) is 10.6. The Morgan fingerprint density at radius 1 is 1.06 bits per heavy atom. The molecule has 0 aliphatic rings. The number of carbonyl (C=O) groups is 1. The summed E-state index contributed by atoms with van der Waals surface area (Å²) in [5.41, 5.74) is 0. The van der Waals surface area contributed by atoms with Crippen LogP contribution in [0, 0.1) is 11.8 Å². The molecule has 0 bridgehead atoms. The molecule has 0 aromatic heterocycles. The van der Waals surface area contributed by atoms with Gasteiger partial charge >= 0.3 is 0 Å². The van der Waals surface area contributed by atoms with Crippen LogP contribution < -0.4 is 5.32 Å². The minimum Gasteiger partial charge on any atom is -0.356 e. The van der Waals surface area contributed by atoms with Crippen molar-refractivity contribution in [2.75, 3.05) is 6.54 Å². The van der Waals surface area contributed by atoms with Crippen molar-refractivity contribution < 1.29 is 4.79 Å². The maximum Gasteiger partial charge on any atom is 0.222 e. The maximum atomic E-state index is 11.6. The van der Waals surface area contributed by atoms with Crippen LogP contribution in [0.1, 0.15) is 72.6 Å². The van der Waals surface area contributed by atoms with E-state index in [2.05, 4.69) is 26.1 Å². The highest BCUT2D eigenvalue weighted by molar-refractivity contribution is 5.78. The van der Waals surface area contributed by atoms with Crippen LogP contribution in [0.15, 0.2) is 0 Å². The molecule has 0 aromatic carbocycles. The molecule has 2 unspecified atom stereocenters. The third kappa shape index (κ3) is 8.23. The second-order valence-electron chi connectivity index (χ2n) is 5.19. The summed E-state index contributed by atoms with van der Waals surface area (Å²) >= 11 is 0. The fourth-order valence-corrected chi connectivity index (χ4v) is 2.09. The number of carbonyl (C=O) groups excluding carboxylic acids is 1. The largest absolute Gasteiger partial charge is 0.356 e. The van der Waals surface area contributed by atoms with E-state index in [0.717, 1.165) is 25.3 Å². The van der Waals surface area contributed by atoms with Crippen LogP contribution >= 0.6 is 0 Å². The van der Waals surface area contributed by atoms with Crippen LogP contribution in [-0.2, 0) is 4.79 Å². The molecule has 0 saturated heterocycles. The summed E-state index contributed by atoms with van der Waals surface area (Å²) in [6, 6.07) is 0. The summed E-state index contributed by atoms with van der Waals surface area (Å²) in [6.07, 6.45) is 8.57. The zero-order valence-corrected chi connectivity index (χ0v) is 12.2. The van der Waals surface area contributed by atoms with Gasteiger partial charge in [0.1, 0.15) is 0 Å². The molecule has 102 valence electrons. The summed E-state index contributed by atoms with van der Waals surface area (Å²) in [5.74, 6) is 1.19. The van der Waals surface area contributed by atoms with Crippen LogP contribution in [0.2, 0.25) is 0 Å². The van der Waals surface area contributed by atoms with Gasteiger partial charge in [0, 0.05) is 12.5 Å². The van der Waals surface area contributed by atoms with Crippen molar-refractivity contribution in [3.63, 3.8) is 0 Å². The molecular formula is C15H31NO. The monoisotopic (exact) mass is 241 g/mol. The van der Waals surface area contributed by atoms with E-state index in [1.54, 1.807) is 0 Å². The molecule has 1 amide bonds. The normalized spacial score (nSPS) is 14.4. The molecule has 17 heavy (non-hydrogen) atoms. The van der Waals surface area contributed by atoms with Crippen molar-refractivity contribution in [1.82, 2.24) is 5.32 Å². The average Bonchev–Trinajstić information content (AvgIpc) is 2.34. The van der Waals surface area contributed by atoms with E-state index in [1.807, 2.05) is 6.92 Å². The number of rotatable bonds is 10. The van der Waals surface area contributed by atoms with Crippen molar-refractivity contribution >= 4 is 5.91 Å². The van der Waals surface area contributed by atoms with Crippen molar-refractivity contribution in [3.8, 4) is 0 Å². The number of hydrogen-bond donors (Lipinski definition) is 1. The first kappa shape index (κ1) is 16.5. The van der Waals surface area contributed by atoms with Gasteiger partial charge in [0.15, 0.2) is 0 Å². The van der Waals surface area contributed by atoms with Crippen LogP contribution in [0.4, 0.5) is 0 Å². The average molecular weight is 241 g/mol. The first-order valence-electron chi connectivity index (χ1n) is 7.43. The van der Waals surface area contributed by atoms with Gasteiger partial charge in [0.25, 0.3) is 0 Å². The summed E-state index contributed by atoms with van der Waals surface area (Å²) in [5, 5.41) is 3.06. The van der Waals surface area contributed by atoms with Crippen molar-refractivity contribution in [3.05, 3.63) is 0 Å². The minimum atomic E-state index is 0.162. The van der Waals surface area contributed by atoms with Crippen LogP contribution in [0.5, 0.6) is 0 Å². The standard InChI is InChI=1S/C15H31NO/c1-5-8-10-14(9-6-2)11-12-16-15(17)13(4)7-3/h13-14H,5-12H2,1-4H3,(H,16,17). The van der Waals surface area contributed by atoms with Crippen molar-refractivity contribution in [2.24, 2.45) is 11.8 Å². The highest BCUT2D eigenvalue weighted by atomic mass is 16.1. The lowest BCUT2D eigenvalue weighted by atomic mass is 9.94. The van der Waals surface area contributed by atoms with E-state index in [1.165, 1.54) is 32.1 Å². The van der Waals surface area contributed by atoms with E-state index in [-0.39, 0.29) is 11.8 Å². The van der Waals surface area contributed by atoms with Gasteiger partial charge in [0.05, 0.1) is 0 Å². The lowest BCUT2D eigenvalue weighted by Crippen LogP contribution is -2.30. The third-order valence-corrected chi connectivity index (χ3v) is 3.57. The number of hydrogen-bond acceptors (Lipinski definition) is 1. The van der Waals surface area contributed by atoms with E-state index in [9.17, 15) is 4.79 Å². The molecule has 1 N–H and O–H groups in total. The molecule has 0 aliphatic carbocycles. The molecule has 2 heteroatoms. The third-order valence-electron chi connectivity index (χ3n) is 3.57. The number of nitrogens with one attached hydrogen (secondary N) is 1. The van der Waals surface area contributed by atoms with Gasteiger partial charge in [-0.1, -0.05) is 59.8 Å². The summed E-state index contributed by atoms with van der Waals surface area (Å²) < 4.78 is 0. The lowest BCUT2D eigenvalue weighted by Gasteiger charge is -2.17. The van der Waals surface area contributed by atoms with Crippen molar-refractivity contribution in [2.45, 2.75) is 72.6 Å². The minimum absolute atomic E-state index is 0.162. The zero-order valence-electron chi connectivity index (χ0n) is 12.2. The molecule has 0 heterocycles. The highest BCUT2D eigenvalue weighted by Crippen LogP contribution is 2.18. The molecule has 2 nitrogen and oxygen atoms in total. The van der Waals surface area contributed by atoms with Crippen molar-refractivity contribution in [1.29, 1.82) is 0 Å². The molecule has 2 atom stereocenters. The molecule has 0 aromatic rings. The first-order chi connectivity index (χ1) is 8.15. The molecule has 0 spiro atoms. The van der Waals surface area contributed by atoms with E-state index < -0.39 is 0 Å². The Kier molecular flexibility index (Phi) is 10.3. The molecule has 0 rings (SSSR count). The predicted octanol–water partition coefficient (Wildman–Crippen LogP) is 4.15. The van der Waals surface area contributed by atoms with Crippen LogP contribution in [0.3, 0.4) is 0 Å². The van der Waals surface area contributed by atoms with Gasteiger partial charge in [-0.3, -0.25) is 4.79 Å². The lowest BCUT2D eigenvalue weighted by molar-refractivity contribution is -0.124. The Balaban J connectivity index is 3.76. The van der Waals surface area contributed by atoms with Gasteiger partial charge in [0.2, 0.25) is 5.91 Å². The highest BCUT2D eigenvalue weighted by Gasteiger charge is 2.11. The van der Waals surface area contributed by atoms with Gasteiger partial charge in [-0.15, -0.1) is 0 Å². The molecule has 0 aliphatic heterocycles. The Morgan fingerprint density at radius 2 is 1.76 bits per heavy atom. The quantitative estimate of drug-likeness (QED) is 0.612. The SMILES string of the molecule is CCCCC(CCC)CCNC(=O)C(C)CC. The van der Waals surface area contributed by atoms with E-state index in [4.69, 9.17) is 0 Å². The number of unbranched alkanes of at least 4 members (excludes halogenated alkanes) is 1. The Labute approximate surface area is 108 Å². The van der Waals surface area contributed by atoms with Crippen LogP contribution in [-0.4, -0.2) is 12.5 Å². The second-order valence-corrected chi connectivity index (χ2v) is 5.19. The van der Waals surface area contributed by atoms with E-state index >= 15 is 0 Å². The first-order valence-corrected chi connectivity index (χ1v) is 7.43. The zero-order chi connectivity index (χ0) is 13.1. The fraction of sp³-hybridized carbons (Fsp3) is 0.933. The van der Waals surface area contributed by atoms with Gasteiger partial charge in [-0.25, -0.2) is 0 Å². The van der Waals surface area contributed by atoms with Gasteiger partial charge in [-0.05, 0) is 18.8 Å². The Morgan fingerprint density at radius 3 is 2.29 bits per heavy atom. The van der Waals surface area contributed by atoms with Gasteiger partial charge < -0.3 is 5.32 Å². The smallest absolute Gasteiger partial charge is 0.222 e. The van der Waals surface area contributed by atoms with Gasteiger partial charge in [-0.2, -0.15) is 0 Å². The van der Waals surface area contributed by atoms with Crippen LogP contribution in [0.25, 0.3) is 0 Å². The molecule has 0 fully saturated rings.